The molecule has 2 amide bonds. The number of carbonyl (C=O) groups excluding carboxylic acids is 2. The van der Waals surface area contributed by atoms with E-state index in [0.29, 0.717) is 43.6 Å². The Morgan fingerprint density at radius 2 is 1.79 bits per heavy atom. The average molecular weight is 517 g/mol. The molecule has 9 heteroatoms. The van der Waals surface area contributed by atoms with Gasteiger partial charge in [-0.15, -0.1) is 0 Å². The highest BCUT2D eigenvalue weighted by molar-refractivity contribution is 5.95. The Bertz CT molecular complexity index is 1380. The van der Waals surface area contributed by atoms with E-state index in [1.165, 1.54) is 0 Å². The van der Waals surface area contributed by atoms with Gasteiger partial charge in [-0.25, -0.2) is 5.48 Å². The molecule has 38 heavy (non-hydrogen) atoms. The van der Waals surface area contributed by atoms with Gasteiger partial charge in [0.05, 0.1) is 17.6 Å². The third kappa shape index (κ3) is 5.47. The fourth-order valence-electron chi connectivity index (χ4n) is 5.54. The van der Waals surface area contributed by atoms with E-state index in [-0.39, 0.29) is 17.9 Å². The van der Waals surface area contributed by atoms with E-state index in [1.807, 2.05) is 44.2 Å². The van der Waals surface area contributed by atoms with Gasteiger partial charge in [0, 0.05) is 34.2 Å². The van der Waals surface area contributed by atoms with Crippen molar-refractivity contribution in [2.45, 2.75) is 70.1 Å². The number of nitrogens with one attached hydrogen (secondary N) is 2. The molecule has 1 fully saturated rings. The van der Waals surface area contributed by atoms with Crippen LogP contribution in [-0.4, -0.2) is 38.9 Å². The normalized spacial score (nSPS) is 22.6. The van der Waals surface area contributed by atoms with E-state index in [2.05, 4.69) is 15.5 Å². The summed E-state index contributed by atoms with van der Waals surface area (Å²) in [6.07, 6.45) is 3.11. The summed E-state index contributed by atoms with van der Waals surface area (Å²) < 4.78 is 6.02. The minimum Gasteiger partial charge on any atom is -0.489 e. The molecule has 2 heterocycles. The van der Waals surface area contributed by atoms with Crippen LogP contribution >= 0.6 is 0 Å². The van der Waals surface area contributed by atoms with Gasteiger partial charge in [0.25, 0.3) is 5.91 Å². The third-order valence-electron chi connectivity index (χ3n) is 7.53. The zero-order valence-electron chi connectivity index (χ0n) is 21.6. The van der Waals surface area contributed by atoms with Gasteiger partial charge in [0.15, 0.2) is 0 Å². The Morgan fingerprint density at radius 1 is 1.05 bits per heavy atom. The third-order valence-corrected chi connectivity index (χ3v) is 7.53. The first-order chi connectivity index (χ1) is 18.3. The van der Waals surface area contributed by atoms with E-state index in [9.17, 15) is 9.59 Å². The number of nitrogens with zero attached hydrogens (tertiary/aromatic N) is 2. The lowest BCUT2D eigenvalue weighted by Crippen LogP contribution is -2.55. The SMILES string of the molecule is CC1=NOC2(CCC(CC(=O)NO)(NC(=O)c3ccc(OCc4cc(C)nc5ccccc45)cc3)CC2)C1. The van der Waals surface area contributed by atoms with Crippen LogP contribution < -0.4 is 15.5 Å². The standard InChI is InChI=1S/C29H32N4O5/c1-19-15-22(24-5-3-4-6-25(24)30-19)18-37-23-9-7-21(8-10-23)27(35)31-28(17-26(34)32-36)11-13-29(14-12-28)16-20(2)33-38-29/h3-10,15,36H,11-14,16-18H2,1-2H3,(H,31,35)(H,32,34). The van der Waals surface area contributed by atoms with Crippen LogP contribution in [0, 0.1) is 6.92 Å². The highest BCUT2D eigenvalue weighted by Crippen LogP contribution is 2.43. The first-order valence-electron chi connectivity index (χ1n) is 12.8. The van der Waals surface area contributed by atoms with Crippen molar-refractivity contribution in [2.24, 2.45) is 5.16 Å². The molecule has 1 aliphatic carbocycles. The lowest BCUT2D eigenvalue weighted by atomic mass is 9.71. The Morgan fingerprint density at radius 3 is 2.47 bits per heavy atom. The number of benzene rings is 2. The maximum atomic E-state index is 13.2. The molecule has 1 aliphatic heterocycles. The van der Waals surface area contributed by atoms with Crippen molar-refractivity contribution in [3.8, 4) is 5.75 Å². The van der Waals surface area contributed by atoms with Gasteiger partial charge in [-0.2, -0.15) is 0 Å². The van der Waals surface area contributed by atoms with Crippen molar-refractivity contribution in [3.63, 3.8) is 0 Å². The number of oxime groups is 1. The zero-order valence-corrected chi connectivity index (χ0v) is 21.6. The molecule has 0 atom stereocenters. The maximum absolute atomic E-state index is 13.2. The number of fused-ring (bicyclic) bond motifs is 1. The fraction of sp³-hybridized carbons (Fsp3) is 0.379. The Balaban J connectivity index is 1.25. The van der Waals surface area contributed by atoms with Crippen LogP contribution in [0.2, 0.25) is 0 Å². The Kier molecular flexibility index (Phi) is 7.03. The number of hydrogen-bond acceptors (Lipinski definition) is 7. The Hall–Kier alpha value is -3.98. The lowest BCUT2D eigenvalue weighted by Gasteiger charge is -2.43. The average Bonchev–Trinajstić information content (AvgIpc) is 3.29. The van der Waals surface area contributed by atoms with Crippen LogP contribution in [0.4, 0.5) is 0 Å². The van der Waals surface area contributed by atoms with Gasteiger partial charge in [0.1, 0.15) is 18.0 Å². The van der Waals surface area contributed by atoms with Crippen molar-refractivity contribution < 1.29 is 24.4 Å². The van der Waals surface area contributed by atoms with Crippen molar-refractivity contribution in [2.75, 3.05) is 0 Å². The van der Waals surface area contributed by atoms with Gasteiger partial charge in [-0.05, 0) is 75.9 Å². The number of hydrogen-bond donors (Lipinski definition) is 3. The summed E-state index contributed by atoms with van der Waals surface area (Å²) in [6, 6.07) is 16.9. The van der Waals surface area contributed by atoms with E-state index in [1.54, 1.807) is 29.7 Å². The number of carbonyl (C=O) groups is 2. The summed E-state index contributed by atoms with van der Waals surface area (Å²) >= 11 is 0. The van der Waals surface area contributed by atoms with Crippen LogP contribution in [0.3, 0.4) is 0 Å². The molecule has 1 saturated carbocycles. The minimum absolute atomic E-state index is 0.0222. The number of pyridine rings is 1. The van der Waals surface area contributed by atoms with Gasteiger partial charge in [0.2, 0.25) is 5.91 Å². The molecule has 2 aliphatic rings. The van der Waals surface area contributed by atoms with Gasteiger partial charge >= 0.3 is 0 Å². The fourth-order valence-corrected chi connectivity index (χ4v) is 5.54. The smallest absolute Gasteiger partial charge is 0.251 e. The molecule has 9 nitrogen and oxygen atoms in total. The molecule has 198 valence electrons. The van der Waals surface area contributed by atoms with Gasteiger partial charge < -0.3 is 14.9 Å². The topological polar surface area (TPSA) is 122 Å². The number of aryl methyl sites for hydroxylation is 1. The monoisotopic (exact) mass is 516 g/mol. The van der Waals surface area contributed by atoms with Crippen LogP contribution in [0.5, 0.6) is 5.75 Å². The first kappa shape index (κ1) is 25.7. The highest BCUT2D eigenvalue weighted by atomic mass is 16.7. The summed E-state index contributed by atoms with van der Waals surface area (Å²) in [5, 5.41) is 17.4. The number of para-hydroxylation sites is 1. The summed E-state index contributed by atoms with van der Waals surface area (Å²) in [4.78, 5) is 35.6. The largest absolute Gasteiger partial charge is 0.489 e. The molecule has 1 spiro atoms. The lowest BCUT2D eigenvalue weighted by molar-refractivity contribution is -0.132. The second-order valence-electron chi connectivity index (χ2n) is 10.5. The molecular weight excluding hydrogens is 484 g/mol. The molecule has 2 aromatic carbocycles. The number of aromatic nitrogens is 1. The van der Waals surface area contributed by atoms with E-state index in [0.717, 1.165) is 34.3 Å². The first-order valence-corrected chi connectivity index (χ1v) is 12.8. The predicted molar refractivity (Wildman–Crippen MR) is 142 cm³/mol. The molecule has 0 bridgehead atoms. The molecule has 5 rings (SSSR count). The molecule has 0 radical (unpaired) electrons. The van der Waals surface area contributed by atoms with Crippen LogP contribution in [0.1, 0.15) is 67.1 Å². The van der Waals surface area contributed by atoms with Crippen LogP contribution in [0.25, 0.3) is 10.9 Å². The molecule has 3 aromatic rings. The van der Waals surface area contributed by atoms with E-state index < -0.39 is 11.4 Å². The van der Waals surface area contributed by atoms with Crippen molar-refractivity contribution in [1.29, 1.82) is 0 Å². The number of amides is 2. The summed E-state index contributed by atoms with van der Waals surface area (Å²) in [5.41, 5.74) is 4.85. The molecule has 3 N–H and O–H groups in total. The van der Waals surface area contributed by atoms with Crippen LogP contribution in [-0.2, 0) is 16.2 Å². The zero-order chi connectivity index (χ0) is 26.8. The van der Waals surface area contributed by atoms with Crippen molar-refractivity contribution in [1.82, 2.24) is 15.8 Å². The minimum atomic E-state index is -0.787. The number of rotatable bonds is 7. The molecule has 0 unspecified atom stereocenters. The van der Waals surface area contributed by atoms with Crippen molar-refractivity contribution >= 4 is 28.4 Å². The highest BCUT2D eigenvalue weighted by Gasteiger charge is 2.48. The summed E-state index contributed by atoms with van der Waals surface area (Å²) in [6.45, 7) is 4.27. The second-order valence-corrected chi connectivity index (χ2v) is 10.5. The van der Waals surface area contributed by atoms with Gasteiger partial charge in [-0.1, -0.05) is 23.4 Å². The number of hydroxylamine groups is 1. The summed E-state index contributed by atoms with van der Waals surface area (Å²) in [5.74, 6) is -0.180. The molecular formula is C29H32N4O5. The quantitative estimate of drug-likeness (QED) is 0.312. The Labute approximate surface area is 221 Å². The van der Waals surface area contributed by atoms with Crippen LogP contribution in [0.15, 0.2) is 59.8 Å². The summed E-state index contributed by atoms with van der Waals surface area (Å²) in [7, 11) is 0. The van der Waals surface area contributed by atoms with E-state index >= 15 is 0 Å². The number of ether oxygens (including phenoxy) is 1. The van der Waals surface area contributed by atoms with Crippen molar-refractivity contribution in [3.05, 3.63) is 71.4 Å². The van der Waals surface area contributed by atoms with Gasteiger partial charge in [-0.3, -0.25) is 19.8 Å². The van der Waals surface area contributed by atoms with E-state index in [4.69, 9.17) is 14.8 Å². The maximum Gasteiger partial charge on any atom is 0.251 e. The molecule has 1 aromatic heterocycles. The second kappa shape index (κ2) is 10.4. The molecule has 0 saturated heterocycles. The predicted octanol–water partition coefficient (Wildman–Crippen LogP) is 4.60.